The van der Waals surface area contributed by atoms with Crippen molar-refractivity contribution in [3.63, 3.8) is 0 Å². The Morgan fingerprint density at radius 3 is 2.65 bits per heavy atom. The van der Waals surface area contributed by atoms with Crippen LogP contribution in [0.4, 0.5) is 0 Å². The van der Waals surface area contributed by atoms with Gasteiger partial charge in [0.1, 0.15) is 0 Å². The molecule has 3 nitrogen and oxygen atoms in total. The van der Waals surface area contributed by atoms with Crippen LogP contribution in [0, 0.1) is 11.8 Å². The molecule has 0 aromatic rings. The quantitative estimate of drug-likeness (QED) is 0.820. The minimum absolute atomic E-state index is 0.163. The third kappa shape index (κ3) is 3.98. The van der Waals surface area contributed by atoms with Crippen molar-refractivity contribution in [2.75, 3.05) is 13.1 Å². The van der Waals surface area contributed by atoms with E-state index in [4.69, 9.17) is 5.73 Å². The van der Waals surface area contributed by atoms with Gasteiger partial charge in [-0.3, -0.25) is 4.79 Å². The van der Waals surface area contributed by atoms with E-state index in [1.807, 2.05) is 4.90 Å². The molecule has 3 heteroatoms. The lowest BCUT2D eigenvalue weighted by molar-refractivity contribution is -0.133. The van der Waals surface area contributed by atoms with Gasteiger partial charge < -0.3 is 10.6 Å². The molecule has 0 aromatic heterocycles. The van der Waals surface area contributed by atoms with Crippen LogP contribution in [0.5, 0.6) is 0 Å². The molecule has 1 aliphatic heterocycles. The Kier molecular flexibility index (Phi) is 5.96. The van der Waals surface area contributed by atoms with Crippen molar-refractivity contribution >= 4 is 5.91 Å². The standard InChI is InChI=1S/C14H28N2O/c1-4-11(3)13(15)14(17)16-9-6-7-12(5-2)8-10-16/h11-13H,4-10,15H2,1-3H3/t11-,12?,13-/m0/s1. The van der Waals surface area contributed by atoms with Crippen LogP contribution >= 0.6 is 0 Å². The summed E-state index contributed by atoms with van der Waals surface area (Å²) >= 11 is 0. The lowest BCUT2D eigenvalue weighted by Gasteiger charge is -2.27. The molecule has 0 spiro atoms. The van der Waals surface area contributed by atoms with Crippen molar-refractivity contribution in [1.82, 2.24) is 4.90 Å². The maximum absolute atomic E-state index is 12.2. The highest BCUT2D eigenvalue weighted by atomic mass is 16.2. The van der Waals surface area contributed by atoms with E-state index in [9.17, 15) is 4.79 Å². The molecule has 3 atom stereocenters. The molecule has 1 amide bonds. The fourth-order valence-electron chi connectivity index (χ4n) is 2.50. The summed E-state index contributed by atoms with van der Waals surface area (Å²) in [6.07, 6.45) is 5.75. The van der Waals surface area contributed by atoms with Gasteiger partial charge in [-0.15, -0.1) is 0 Å². The third-order valence-electron chi connectivity index (χ3n) is 4.28. The highest BCUT2D eigenvalue weighted by molar-refractivity contribution is 5.82. The average molecular weight is 240 g/mol. The Bertz CT molecular complexity index is 242. The zero-order chi connectivity index (χ0) is 12.8. The predicted octanol–water partition coefficient (Wildman–Crippen LogP) is 2.40. The van der Waals surface area contributed by atoms with Gasteiger partial charge in [0, 0.05) is 13.1 Å². The van der Waals surface area contributed by atoms with Crippen LogP contribution in [0.1, 0.15) is 52.9 Å². The van der Waals surface area contributed by atoms with Gasteiger partial charge in [-0.2, -0.15) is 0 Å². The van der Waals surface area contributed by atoms with E-state index in [-0.39, 0.29) is 17.9 Å². The summed E-state index contributed by atoms with van der Waals surface area (Å²) in [6, 6.07) is -0.307. The van der Waals surface area contributed by atoms with E-state index < -0.39 is 0 Å². The van der Waals surface area contributed by atoms with Crippen LogP contribution in [0.3, 0.4) is 0 Å². The molecule has 2 N–H and O–H groups in total. The van der Waals surface area contributed by atoms with Gasteiger partial charge in [0.25, 0.3) is 0 Å². The molecule has 100 valence electrons. The van der Waals surface area contributed by atoms with E-state index >= 15 is 0 Å². The van der Waals surface area contributed by atoms with Crippen LogP contribution < -0.4 is 5.73 Å². The predicted molar refractivity (Wildman–Crippen MR) is 71.6 cm³/mol. The van der Waals surface area contributed by atoms with Crippen molar-refractivity contribution in [2.45, 2.75) is 58.9 Å². The van der Waals surface area contributed by atoms with Crippen molar-refractivity contribution in [2.24, 2.45) is 17.6 Å². The maximum atomic E-state index is 12.2. The molecular weight excluding hydrogens is 212 g/mol. The summed E-state index contributed by atoms with van der Waals surface area (Å²) in [4.78, 5) is 14.2. The smallest absolute Gasteiger partial charge is 0.239 e. The largest absolute Gasteiger partial charge is 0.341 e. The molecule has 1 rings (SSSR count). The van der Waals surface area contributed by atoms with E-state index in [1.165, 1.54) is 12.8 Å². The summed E-state index contributed by atoms with van der Waals surface area (Å²) in [6.45, 7) is 8.20. The Labute approximate surface area is 106 Å². The van der Waals surface area contributed by atoms with Crippen molar-refractivity contribution < 1.29 is 4.79 Å². The molecular formula is C14H28N2O. The molecule has 0 aromatic carbocycles. The topological polar surface area (TPSA) is 46.3 Å². The SMILES string of the molecule is CCC1CCCN(C(=O)[C@@H](N)[C@@H](C)CC)CC1. The van der Waals surface area contributed by atoms with Gasteiger partial charge in [-0.05, 0) is 31.1 Å². The van der Waals surface area contributed by atoms with Crippen LogP contribution in [-0.4, -0.2) is 29.9 Å². The van der Waals surface area contributed by atoms with Crippen LogP contribution in [-0.2, 0) is 4.79 Å². The van der Waals surface area contributed by atoms with Crippen LogP contribution in [0.25, 0.3) is 0 Å². The summed E-state index contributed by atoms with van der Waals surface area (Å²) in [5, 5.41) is 0. The van der Waals surface area contributed by atoms with Gasteiger partial charge in [0.15, 0.2) is 0 Å². The molecule has 1 aliphatic rings. The van der Waals surface area contributed by atoms with Crippen LogP contribution in [0.2, 0.25) is 0 Å². The number of nitrogens with two attached hydrogens (primary N) is 1. The fourth-order valence-corrected chi connectivity index (χ4v) is 2.50. The second-order valence-corrected chi connectivity index (χ2v) is 5.44. The summed E-state index contributed by atoms with van der Waals surface area (Å²) in [5.41, 5.74) is 6.03. The zero-order valence-electron chi connectivity index (χ0n) is 11.6. The molecule has 1 unspecified atom stereocenters. The van der Waals surface area contributed by atoms with Gasteiger partial charge >= 0.3 is 0 Å². The number of hydrogen-bond donors (Lipinski definition) is 1. The minimum Gasteiger partial charge on any atom is -0.341 e. The van der Waals surface area contributed by atoms with Crippen molar-refractivity contribution in [1.29, 1.82) is 0 Å². The number of rotatable bonds is 4. The third-order valence-corrected chi connectivity index (χ3v) is 4.28. The first-order valence-electron chi connectivity index (χ1n) is 7.14. The highest BCUT2D eigenvalue weighted by Gasteiger charge is 2.26. The number of amides is 1. The minimum atomic E-state index is -0.307. The summed E-state index contributed by atoms with van der Waals surface area (Å²) in [7, 11) is 0. The number of nitrogens with zero attached hydrogens (tertiary/aromatic N) is 1. The lowest BCUT2D eigenvalue weighted by Crippen LogP contribution is -2.47. The van der Waals surface area contributed by atoms with Gasteiger partial charge in [-0.1, -0.05) is 33.6 Å². The second kappa shape index (κ2) is 7.00. The van der Waals surface area contributed by atoms with E-state index in [1.54, 1.807) is 0 Å². The first kappa shape index (κ1) is 14.5. The first-order valence-corrected chi connectivity index (χ1v) is 7.14. The molecule has 1 heterocycles. The van der Waals surface area contributed by atoms with Crippen LogP contribution in [0.15, 0.2) is 0 Å². The molecule has 0 radical (unpaired) electrons. The molecule has 1 saturated heterocycles. The van der Waals surface area contributed by atoms with Crippen molar-refractivity contribution in [3.05, 3.63) is 0 Å². The van der Waals surface area contributed by atoms with Gasteiger partial charge in [0.05, 0.1) is 6.04 Å². The number of hydrogen-bond acceptors (Lipinski definition) is 2. The number of likely N-dealkylation sites (tertiary alicyclic amines) is 1. The van der Waals surface area contributed by atoms with E-state index in [2.05, 4.69) is 20.8 Å². The van der Waals surface area contributed by atoms with E-state index in [0.29, 0.717) is 0 Å². The maximum Gasteiger partial charge on any atom is 0.239 e. The Morgan fingerprint density at radius 2 is 2.06 bits per heavy atom. The Hall–Kier alpha value is -0.570. The molecule has 0 bridgehead atoms. The average Bonchev–Trinajstić information content (AvgIpc) is 2.61. The number of carbonyl (C=O) groups is 1. The number of carbonyl (C=O) groups excluding carboxylic acids is 1. The van der Waals surface area contributed by atoms with E-state index in [0.717, 1.165) is 38.3 Å². The normalized spacial score (nSPS) is 25.2. The Morgan fingerprint density at radius 1 is 1.35 bits per heavy atom. The fraction of sp³-hybridized carbons (Fsp3) is 0.929. The first-order chi connectivity index (χ1) is 8.10. The van der Waals surface area contributed by atoms with Gasteiger partial charge in [-0.25, -0.2) is 0 Å². The molecule has 1 fully saturated rings. The molecule has 17 heavy (non-hydrogen) atoms. The zero-order valence-corrected chi connectivity index (χ0v) is 11.6. The highest BCUT2D eigenvalue weighted by Crippen LogP contribution is 2.21. The summed E-state index contributed by atoms with van der Waals surface area (Å²) in [5.74, 6) is 1.25. The molecule has 0 aliphatic carbocycles. The Balaban J connectivity index is 2.52. The summed E-state index contributed by atoms with van der Waals surface area (Å²) < 4.78 is 0. The molecule has 0 saturated carbocycles. The van der Waals surface area contributed by atoms with Crippen molar-refractivity contribution in [3.8, 4) is 0 Å². The van der Waals surface area contributed by atoms with Gasteiger partial charge in [0.2, 0.25) is 5.91 Å². The monoisotopic (exact) mass is 240 g/mol. The second-order valence-electron chi connectivity index (χ2n) is 5.44. The lowest BCUT2D eigenvalue weighted by atomic mass is 9.98.